The van der Waals surface area contributed by atoms with E-state index in [1.807, 2.05) is 65.1 Å². The van der Waals surface area contributed by atoms with Crippen molar-refractivity contribution in [2.45, 2.75) is 0 Å². The number of hydrogen-bond acceptors (Lipinski definition) is 5. The number of nitrogens with one attached hydrogen (secondary N) is 1. The summed E-state index contributed by atoms with van der Waals surface area (Å²) in [5.74, 6) is -0.0993. The number of ether oxygens (including phenoxy) is 1. The molecule has 1 saturated heterocycles. The second-order valence-corrected chi connectivity index (χ2v) is 7.96. The predicted molar refractivity (Wildman–Crippen MR) is 125 cm³/mol. The Morgan fingerprint density at radius 1 is 1.00 bits per heavy atom. The van der Waals surface area contributed by atoms with Gasteiger partial charge in [0.05, 0.1) is 35.5 Å². The third-order valence-corrected chi connectivity index (χ3v) is 6.00. The van der Waals surface area contributed by atoms with Gasteiger partial charge in [-0.1, -0.05) is 24.3 Å². The lowest BCUT2D eigenvalue weighted by Crippen LogP contribution is -2.38. The van der Waals surface area contributed by atoms with Gasteiger partial charge in [-0.15, -0.1) is 0 Å². The van der Waals surface area contributed by atoms with E-state index >= 15 is 0 Å². The second kappa shape index (κ2) is 8.83. The molecule has 1 fully saturated rings. The van der Waals surface area contributed by atoms with Crippen molar-refractivity contribution in [1.82, 2.24) is 9.30 Å². The summed E-state index contributed by atoms with van der Waals surface area (Å²) in [7, 11) is 0. The number of aromatic nitrogens is 1. The van der Waals surface area contributed by atoms with Gasteiger partial charge in [-0.2, -0.15) is 5.26 Å². The first-order valence-corrected chi connectivity index (χ1v) is 10.9. The van der Waals surface area contributed by atoms with Crippen LogP contribution in [0.25, 0.3) is 16.4 Å². The van der Waals surface area contributed by atoms with Crippen LogP contribution in [-0.4, -0.2) is 54.5 Å². The second-order valence-electron chi connectivity index (χ2n) is 7.96. The molecule has 0 bridgehead atoms. The highest BCUT2D eigenvalue weighted by molar-refractivity contribution is 6.10. The first-order chi connectivity index (χ1) is 15.7. The molecule has 160 valence electrons. The van der Waals surface area contributed by atoms with E-state index in [1.165, 1.54) is 0 Å². The van der Waals surface area contributed by atoms with E-state index in [9.17, 15) is 10.1 Å². The lowest BCUT2D eigenvalue weighted by atomic mass is 10.1. The Morgan fingerprint density at radius 3 is 2.56 bits per heavy atom. The van der Waals surface area contributed by atoms with Crippen LogP contribution in [0, 0.1) is 11.3 Å². The maximum absolute atomic E-state index is 13.4. The molecule has 0 aliphatic carbocycles. The molecule has 0 unspecified atom stereocenters. The first-order valence-electron chi connectivity index (χ1n) is 10.9. The van der Waals surface area contributed by atoms with Gasteiger partial charge in [0, 0.05) is 37.4 Å². The van der Waals surface area contributed by atoms with E-state index in [1.54, 1.807) is 6.07 Å². The van der Waals surface area contributed by atoms with Crippen molar-refractivity contribution in [3.8, 4) is 6.07 Å². The maximum atomic E-state index is 13.4. The maximum Gasteiger partial charge on any atom is 0.209 e. The number of ketones is 1. The number of rotatable bonds is 6. The fourth-order valence-electron chi connectivity index (χ4n) is 4.28. The number of carbonyl (C=O) groups excluding carboxylic acids is 1. The fourth-order valence-corrected chi connectivity index (χ4v) is 4.28. The van der Waals surface area contributed by atoms with Gasteiger partial charge in [-0.3, -0.25) is 9.69 Å². The standard InChI is InChI=1S/C26H24N4O2/c27-18-21-17-25(30-23-4-2-1-3-19(23)7-10-24(21)30)26(31)20-5-8-22(9-6-20)28-11-12-29-13-15-32-16-14-29/h1-10,17,28H,11-16H2. The largest absolute Gasteiger partial charge is 0.384 e. The van der Waals surface area contributed by atoms with E-state index in [0.717, 1.165) is 61.5 Å². The highest BCUT2D eigenvalue weighted by Crippen LogP contribution is 2.25. The predicted octanol–water partition coefficient (Wildman–Crippen LogP) is 3.94. The zero-order valence-electron chi connectivity index (χ0n) is 17.8. The molecule has 1 aliphatic heterocycles. The van der Waals surface area contributed by atoms with E-state index in [2.05, 4.69) is 16.3 Å². The Hall–Kier alpha value is -3.66. The zero-order valence-corrected chi connectivity index (χ0v) is 17.8. The first kappa shape index (κ1) is 20.3. The minimum Gasteiger partial charge on any atom is -0.384 e. The lowest BCUT2D eigenvalue weighted by Gasteiger charge is -2.26. The summed E-state index contributed by atoms with van der Waals surface area (Å²) in [4.78, 5) is 15.8. The van der Waals surface area contributed by atoms with E-state index < -0.39 is 0 Å². The Kier molecular flexibility index (Phi) is 5.59. The van der Waals surface area contributed by atoms with Crippen molar-refractivity contribution in [3.05, 3.63) is 83.6 Å². The topological polar surface area (TPSA) is 69.8 Å². The Morgan fingerprint density at radius 2 is 1.78 bits per heavy atom. The molecule has 2 aromatic heterocycles. The SMILES string of the molecule is N#Cc1cc(C(=O)c2ccc(NCCN3CCOCC3)cc2)n2c1ccc1ccccc12. The van der Waals surface area contributed by atoms with Crippen LogP contribution in [0.15, 0.2) is 66.7 Å². The van der Waals surface area contributed by atoms with Crippen molar-refractivity contribution < 1.29 is 9.53 Å². The van der Waals surface area contributed by atoms with Crippen LogP contribution in [0.2, 0.25) is 0 Å². The molecule has 4 aromatic rings. The van der Waals surface area contributed by atoms with Gasteiger partial charge in [0.2, 0.25) is 5.78 Å². The summed E-state index contributed by atoms with van der Waals surface area (Å²) in [5, 5.41) is 14.0. The van der Waals surface area contributed by atoms with Crippen molar-refractivity contribution in [2.24, 2.45) is 0 Å². The van der Waals surface area contributed by atoms with Gasteiger partial charge in [0.1, 0.15) is 6.07 Å². The Balaban J connectivity index is 1.38. The van der Waals surface area contributed by atoms with Crippen LogP contribution in [0.1, 0.15) is 21.6 Å². The molecular weight excluding hydrogens is 400 g/mol. The van der Waals surface area contributed by atoms with Gasteiger partial charge in [-0.25, -0.2) is 0 Å². The molecule has 6 nitrogen and oxygen atoms in total. The monoisotopic (exact) mass is 424 g/mol. The van der Waals surface area contributed by atoms with Crippen LogP contribution in [0.5, 0.6) is 0 Å². The summed E-state index contributed by atoms with van der Waals surface area (Å²) < 4.78 is 7.28. The molecule has 3 heterocycles. The van der Waals surface area contributed by atoms with Crippen molar-refractivity contribution in [3.63, 3.8) is 0 Å². The van der Waals surface area contributed by atoms with Crippen molar-refractivity contribution >= 4 is 27.9 Å². The van der Waals surface area contributed by atoms with E-state index in [0.29, 0.717) is 16.8 Å². The molecule has 0 spiro atoms. The number of nitrogens with zero attached hydrogens (tertiary/aromatic N) is 3. The summed E-state index contributed by atoms with van der Waals surface area (Å²) in [5.41, 5.74) is 4.24. The number of hydrogen-bond donors (Lipinski definition) is 1. The van der Waals surface area contributed by atoms with E-state index in [-0.39, 0.29) is 5.78 Å². The van der Waals surface area contributed by atoms with Gasteiger partial charge >= 0.3 is 0 Å². The number of nitriles is 1. The highest BCUT2D eigenvalue weighted by Gasteiger charge is 2.18. The number of fused-ring (bicyclic) bond motifs is 3. The molecular formula is C26H24N4O2. The molecule has 1 N–H and O–H groups in total. The third kappa shape index (κ3) is 3.84. The summed E-state index contributed by atoms with van der Waals surface area (Å²) in [6, 6.07) is 23.3. The molecule has 2 aromatic carbocycles. The van der Waals surface area contributed by atoms with Gasteiger partial charge in [0.25, 0.3) is 0 Å². The number of anilines is 1. The van der Waals surface area contributed by atoms with E-state index in [4.69, 9.17) is 4.74 Å². The fraction of sp³-hybridized carbons (Fsp3) is 0.231. The Bertz CT molecular complexity index is 1310. The van der Waals surface area contributed by atoms with Crippen molar-refractivity contribution in [1.29, 1.82) is 5.26 Å². The van der Waals surface area contributed by atoms with Crippen molar-refractivity contribution in [2.75, 3.05) is 44.7 Å². The zero-order chi connectivity index (χ0) is 21.9. The molecule has 6 heteroatoms. The smallest absolute Gasteiger partial charge is 0.209 e. The van der Waals surface area contributed by atoms with Crippen LogP contribution in [0.3, 0.4) is 0 Å². The summed E-state index contributed by atoms with van der Waals surface area (Å²) in [6.45, 7) is 5.35. The molecule has 0 saturated carbocycles. The number of morpholine rings is 1. The average Bonchev–Trinajstić information content (AvgIpc) is 3.24. The van der Waals surface area contributed by atoms with Gasteiger partial charge in [-0.05, 0) is 47.9 Å². The molecule has 32 heavy (non-hydrogen) atoms. The number of pyridine rings is 1. The lowest BCUT2D eigenvalue weighted by molar-refractivity contribution is 0.0398. The van der Waals surface area contributed by atoms with Gasteiger partial charge in [0.15, 0.2) is 0 Å². The van der Waals surface area contributed by atoms with Gasteiger partial charge < -0.3 is 14.5 Å². The highest BCUT2D eigenvalue weighted by atomic mass is 16.5. The van der Waals surface area contributed by atoms with Crippen LogP contribution in [0.4, 0.5) is 5.69 Å². The molecule has 0 amide bonds. The summed E-state index contributed by atoms with van der Waals surface area (Å²) in [6.07, 6.45) is 0. The average molecular weight is 425 g/mol. The molecule has 0 atom stereocenters. The minimum atomic E-state index is -0.0993. The van der Waals surface area contributed by atoms with Crippen LogP contribution in [-0.2, 0) is 4.74 Å². The van der Waals surface area contributed by atoms with Crippen LogP contribution >= 0.6 is 0 Å². The number of benzene rings is 2. The third-order valence-electron chi connectivity index (χ3n) is 6.00. The number of carbonyl (C=O) groups is 1. The number of para-hydroxylation sites is 1. The quantitative estimate of drug-likeness (QED) is 0.475. The molecule has 0 radical (unpaired) electrons. The van der Waals surface area contributed by atoms with Crippen LogP contribution < -0.4 is 5.32 Å². The Labute approximate surface area is 186 Å². The molecule has 5 rings (SSSR count). The normalized spacial score (nSPS) is 14.5. The molecule has 1 aliphatic rings. The minimum absolute atomic E-state index is 0.0993. The summed E-state index contributed by atoms with van der Waals surface area (Å²) >= 11 is 0.